The molecule has 4 rings (SSSR count). The van der Waals surface area contributed by atoms with E-state index in [1.807, 2.05) is 43.3 Å². The van der Waals surface area contributed by atoms with Crippen LogP contribution in [0.4, 0.5) is 21.5 Å². The van der Waals surface area contributed by atoms with E-state index in [4.69, 9.17) is 0 Å². The Kier molecular flexibility index (Phi) is 5.24. The summed E-state index contributed by atoms with van der Waals surface area (Å²) in [4.78, 5) is 16.5. The van der Waals surface area contributed by atoms with Crippen LogP contribution in [0.1, 0.15) is 16.8 Å². The Hall–Kier alpha value is -3.67. The highest BCUT2D eigenvalue weighted by molar-refractivity contribution is 6.31. The van der Waals surface area contributed by atoms with Gasteiger partial charge in [-0.05, 0) is 61.0 Å². The first-order valence-corrected chi connectivity index (χ1v) is 9.42. The minimum absolute atomic E-state index is 0.248. The minimum Gasteiger partial charge on any atom is -0.384 e. The molecule has 0 fully saturated rings. The molecule has 0 unspecified atom stereocenters. The van der Waals surface area contributed by atoms with Crippen LogP contribution < -0.4 is 16.0 Å². The fourth-order valence-electron chi connectivity index (χ4n) is 3.29. The SMILES string of the molecule is Cc1cc(N/C=C2/C(=O)Nc3cc(F)ccc32)ccc1NCCc1ccccn1. The van der Waals surface area contributed by atoms with Crippen molar-refractivity contribution in [1.82, 2.24) is 4.98 Å². The molecule has 0 aliphatic carbocycles. The number of rotatable bonds is 6. The van der Waals surface area contributed by atoms with Gasteiger partial charge in [0, 0.05) is 48.0 Å². The highest BCUT2D eigenvalue weighted by Gasteiger charge is 2.24. The maximum Gasteiger partial charge on any atom is 0.257 e. The van der Waals surface area contributed by atoms with Gasteiger partial charge in [0.25, 0.3) is 5.91 Å². The molecule has 0 bridgehead atoms. The van der Waals surface area contributed by atoms with Crippen molar-refractivity contribution in [2.75, 3.05) is 22.5 Å². The van der Waals surface area contributed by atoms with Crippen LogP contribution in [0.25, 0.3) is 5.57 Å². The number of carbonyl (C=O) groups is 1. The molecule has 1 aliphatic rings. The first-order valence-electron chi connectivity index (χ1n) is 9.42. The lowest BCUT2D eigenvalue weighted by Gasteiger charge is -2.11. The van der Waals surface area contributed by atoms with E-state index in [1.165, 1.54) is 12.1 Å². The summed E-state index contributed by atoms with van der Waals surface area (Å²) in [6.45, 7) is 2.82. The standard InChI is InChI=1S/C23H21FN4O/c1-15-12-18(6-8-21(15)26-11-9-17-4-2-3-10-25-17)27-14-20-19-7-5-16(24)13-22(19)28-23(20)29/h2-8,10,12-14,26-27H,9,11H2,1H3,(H,28,29)/b20-14+. The molecule has 0 saturated carbocycles. The summed E-state index contributed by atoms with van der Waals surface area (Å²) >= 11 is 0. The van der Waals surface area contributed by atoms with Crippen LogP contribution in [0.5, 0.6) is 0 Å². The lowest BCUT2D eigenvalue weighted by Crippen LogP contribution is -2.07. The topological polar surface area (TPSA) is 66.1 Å². The number of aryl methyl sites for hydroxylation is 1. The van der Waals surface area contributed by atoms with Crippen LogP contribution in [0.3, 0.4) is 0 Å². The number of fused-ring (bicyclic) bond motifs is 1. The first kappa shape index (κ1) is 18.7. The molecule has 5 nitrogen and oxygen atoms in total. The van der Waals surface area contributed by atoms with Crippen LogP contribution in [-0.4, -0.2) is 17.4 Å². The summed E-state index contributed by atoms with van der Waals surface area (Å²) in [5.74, 6) is -0.623. The average Bonchev–Trinajstić information content (AvgIpc) is 3.02. The van der Waals surface area contributed by atoms with E-state index in [9.17, 15) is 9.18 Å². The van der Waals surface area contributed by atoms with Gasteiger partial charge in [-0.2, -0.15) is 0 Å². The van der Waals surface area contributed by atoms with Gasteiger partial charge in [0.2, 0.25) is 0 Å². The molecule has 29 heavy (non-hydrogen) atoms. The molecule has 1 aromatic heterocycles. The largest absolute Gasteiger partial charge is 0.384 e. The Balaban J connectivity index is 1.41. The van der Waals surface area contributed by atoms with Gasteiger partial charge in [-0.1, -0.05) is 6.07 Å². The summed E-state index contributed by atoms with van der Waals surface area (Å²) in [7, 11) is 0. The Labute approximate surface area is 168 Å². The quantitative estimate of drug-likeness (QED) is 0.541. The van der Waals surface area contributed by atoms with E-state index in [-0.39, 0.29) is 11.7 Å². The molecule has 3 aromatic rings. The lowest BCUT2D eigenvalue weighted by atomic mass is 10.1. The third-order valence-corrected chi connectivity index (χ3v) is 4.80. The van der Waals surface area contributed by atoms with Crippen LogP contribution in [0.2, 0.25) is 0 Å². The van der Waals surface area contributed by atoms with E-state index < -0.39 is 0 Å². The second-order valence-electron chi connectivity index (χ2n) is 6.87. The van der Waals surface area contributed by atoms with Crippen molar-refractivity contribution < 1.29 is 9.18 Å². The van der Waals surface area contributed by atoms with E-state index >= 15 is 0 Å². The van der Waals surface area contributed by atoms with Crippen LogP contribution in [-0.2, 0) is 11.2 Å². The van der Waals surface area contributed by atoms with Crippen LogP contribution in [0, 0.1) is 12.7 Å². The van der Waals surface area contributed by atoms with Gasteiger partial charge in [0.1, 0.15) is 5.82 Å². The first-order chi connectivity index (χ1) is 14.1. The summed E-state index contributed by atoms with van der Waals surface area (Å²) in [6, 6.07) is 16.2. The molecule has 0 atom stereocenters. The minimum atomic E-state index is -0.375. The fourth-order valence-corrected chi connectivity index (χ4v) is 3.29. The molecule has 2 aromatic carbocycles. The average molecular weight is 388 g/mol. The molecule has 0 radical (unpaired) electrons. The predicted octanol–water partition coefficient (Wildman–Crippen LogP) is 4.59. The molecule has 1 aliphatic heterocycles. The van der Waals surface area contributed by atoms with Crippen molar-refractivity contribution in [3.05, 3.63) is 89.6 Å². The number of pyridine rings is 1. The molecule has 0 spiro atoms. The number of benzene rings is 2. The van der Waals surface area contributed by atoms with Gasteiger partial charge >= 0.3 is 0 Å². The Morgan fingerprint density at radius 2 is 2.03 bits per heavy atom. The third kappa shape index (κ3) is 4.27. The second-order valence-corrected chi connectivity index (χ2v) is 6.87. The predicted molar refractivity (Wildman–Crippen MR) is 114 cm³/mol. The van der Waals surface area contributed by atoms with E-state index in [0.717, 1.165) is 35.6 Å². The van der Waals surface area contributed by atoms with E-state index in [0.29, 0.717) is 16.8 Å². The maximum absolute atomic E-state index is 13.3. The number of hydrogen-bond donors (Lipinski definition) is 3. The highest BCUT2D eigenvalue weighted by Crippen LogP contribution is 2.32. The number of amides is 1. The maximum atomic E-state index is 13.3. The molecular weight excluding hydrogens is 367 g/mol. The molecule has 3 N–H and O–H groups in total. The van der Waals surface area contributed by atoms with Crippen molar-refractivity contribution in [3.63, 3.8) is 0 Å². The van der Waals surface area contributed by atoms with E-state index in [2.05, 4.69) is 20.9 Å². The summed E-state index contributed by atoms with van der Waals surface area (Å²) < 4.78 is 13.3. The van der Waals surface area contributed by atoms with Crippen molar-refractivity contribution in [2.45, 2.75) is 13.3 Å². The van der Waals surface area contributed by atoms with Gasteiger partial charge < -0.3 is 16.0 Å². The van der Waals surface area contributed by atoms with Crippen molar-refractivity contribution in [2.24, 2.45) is 0 Å². The van der Waals surface area contributed by atoms with Crippen molar-refractivity contribution in [3.8, 4) is 0 Å². The molecule has 0 saturated heterocycles. The molecule has 6 heteroatoms. The van der Waals surface area contributed by atoms with Gasteiger partial charge in [-0.3, -0.25) is 9.78 Å². The summed E-state index contributed by atoms with van der Waals surface area (Å²) in [5, 5.41) is 9.28. The van der Waals surface area contributed by atoms with Gasteiger partial charge in [0.05, 0.1) is 11.3 Å². The number of halogens is 1. The van der Waals surface area contributed by atoms with Crippen molar-refractivity contribution >= 4 is 28.5 Å². The second kappa shape index (κ2) is 8.14. The smallest absolute Gasteiger partial charge is 0.257 e. The fraction of sp³-hybridized carbons (Fsp3) is 0.130. The number of anilines is 3. The number of hydrogen-bond acceptors (Lipinski definition) is 4. The zero-order chi connectivity index (χ0) is 20.2. The number of carbonyl (C=O) groups excluding carboxylic acids is 1. The third-order valence-electron chi connectivity index (χ3n) is 4.80. The Bertz CT molecular complexity index is 1080. The molecule has 2 heterocycles. The highest BCUT2D eigenvalue weighted by atomic mass is 19.1. The lowest BCUT2D eigenvalue weighted by molar-refractivity contribution is -0.110. The molecule has 146 valence electrons. The zero-order valence-corrected chi connectivity index (χ0v) is 16.0. The monoisotopic (exact) mass is 388 g/mol. The summed E-state index contributed by atoms with van der Waals surface area (Å²) in [5.41, 5.74) is 5.73. The normalized spacial score (nSPS) is 13.9. The van der Waals surface area contributed by atoms with Crippen molar-refractivity contribution in [1.29, 1.82) is 0 Å². The Morgan fingerprint density at radius 3 is 2.83 bits per heavy atom. The van der Waals surface area contributed by atoms with Gasteiger partial charge in [0.15, 0.2) is 0 Å². The Morgan fingerprint density at radius 1 is 1.14 bits per heavy atom. The van der Waals surface area contributed by atoms with Crippen LogP contribution in [0.15, 0.2) is 67.0 Å². The zero-order valence-electron chi connectivity index (χ0n) is 16.0. The summed E-state index contributed by atoms with van der Waals surface area (Å²) in [6.07, 6.45) is 4.30. The molecular formula is C23H21FN4O. The van der Waals surface area contributed by atoms with Gasteiger partial charge in [-0.25, -0.2) is 4.39 Å². The molecule has 1 amide bonds. The van der Waals surface area contributed by atoms with Crippen LogP contribution >= 0.6 is 0 Å². The number of nitrogens with zero attached hydrogens (tertiary/aromatic N) is 1. The van der Waals surface area contributed by atoms with Gasteiger partial charge in [-0.15, -0.1) is 0 Å². The number of nitrogens with one attached hydrogen (secondary N) is 3. The number of aromatic nitrogens is 1. The van der Waals surface area contributed by atoms with E-state index in [1.54, 1.807) is 18.5 Å².